The first-order valence-corrected chi connectivity index (χ1v) is 9.58. The fourth-order valence-corrected chi connectivity index (χ4v) is 5.62. The van der Waals surface area contributed by atoms with Gasteiger partial charge in [0.1, 0.15) is 4.21 Å². The van der Waals surface area contributed by atoms with Crippen LogP contribution in [-0.2, 0) is 23.0 Å². The van der Waals surface area contributed by atoms with Gasteiger partial charge in [-0.15, -0.1) is 11.3 Å². The summed E-state index contributed by atoms with van der Waals surface area (Å²) >= 11 is 1.25. The second-order valence-electron chi connectivity index (χ2n) is 5.51. The van der Waals surface area contributed by atoms with E-state index in [-0.39, 0.29) is 6.04 Å². The lowest BCUT2D eigenvalue weighted by molar-refractivity contribution is 0.305. The van der Waals surface area contributed by atoms with Crippen LogP contribution in [0.2, 0.25) is 0 Å². The molecule has 0 amide bonds. The van der Waals surface area contributed by atoms with Crippen molar-refractivity contribution in [1.29, 1.82) is 0 Å². The van der Waals surface area contributed by atoms with Crippen LogP contribution in [0.5, 0.6) is 11.5 Å². The van der Waals surface area contributed by atoms with Crippen molar-refractivity contribution in [3.05, 3.63) is 40.8 Å². The highest BCUT2D eigenvalue weighted by Gasteiger charge is 2.34. The predicted octanol–water partition coefficient (Wildman–Crippen LogP) is 2.90. The van der Waals surface area contributed by atoms with Crippen LogP contribution in [-0.4, -0.2) is 33.0 Å². The summed E-state index contributed by atoms with van der Waals surface area (Å²) in [5.41, 5.74) is 2.06. The number of methoxy groups -OCH3 is 2. The minimum Gasteiger partial charge on any atom is -0.493 e. The number of nitrogens with zero attached hydrogens (tertiary/aromatic N) is 1. The smallest absolute Gasteiger partial charge is 0.253 e. The van der Waals surface area contributed by atoms with Gasteiger partial charge in [-0.3, -0.25) is 0 Å². The van der Waals surface area contributed by atoms with Gasteiger partial charge in [-0.2, -0.15) is 4.31 Å². The molecule has 124 valence electrons. The van der Waals surface area contributed by atoms with Crippen LogP contribution in [0.1, 0.15) is 18.1 Å². The fourth-order valence-electron chi connectivity index (χ4n) is 2.89. The van der Waals surface area contributed by atoms with E-state index in [1.54, 1.807) is 36.0 Å². The van der Waals surface area contributed by atoms with Gasteiger partial charge in [0.15, 0.2) is 11.5 Å². The highest BCUT2D eigenvalue weighted by molar-refractivity contribution is 7.91. The molecule has 1 aliphatic rings. The van der Waals surface area contributed by atoms with E-state index in [2.05, 4.69) is 0 Å². The molecule has 0 radical (unpaired) electrons. The molecule has 1 unspecified atom stereocenters. The van der Waals surface area contributed by atoms with Crippen molar-refractivity contribution >= 4 is 21.4 Å². The first kappa shape index (κ1) is 16.3. The van der Waals surface area contributed by atoms with E-state index in [1.807, 2.05) is 19.1 Å². The highest BCUT2D eigenvalue weighted by atomic mass is 32.2. The summed E-state index contributed by atoms with van der Waals surface area (Å²) in [4.78, 5) is 0. The number of thiophene rings is 1. The zero-order chi connectivity index (χ0) is 16.6. The summed E-state index contributed by atoms with van der Waals surface area (Å²) in [6.07, 6.45) is 0.653. The average Bonchev–Trinajstić information content (AvgIpc) is 3.08. The maximum Gasteiger partial charge on any atom is 0.253 e. The Morgan fingerprint density at radius 3 is 2.39 bits per heavy atom. The lowest BCUT2D eigenvalue weighted by Crippen LogP contribution is -2.42. The average molecular weight is 353 g/mol. The number of hydrogen-bond acceptors (Lipinski definition) is 5. The Morgan fingerprint density at radius 1 is 1.17 bits per heavy atom. The Hall–Kier alpha value is -1.57. The molecule has 1 atom stereocenters. The first-order valence-electron chi connectivity index (χ1n) is 7.26. The standard InChI is InChI=1S/C16H19NO4S2/c1-11-7-12-8-14(20-2)15(21-3)9-13(12)10-17(11)23(18,19)16-5-4-6-22-16/h4-6,8-9,11H,7,10H2,1-3H3. The highest BCUT2D eigenvalue weighted by Crippen LogP contribution is 2.36. The predicted molar refractivity (Wildman–Crippen MR) is 89.8 cm³/mol. The zero-order valence-corrected chi connectivity index (χ0v) is 14.9. The van der Waals surface area contributed by atoms with Gasteiger partial charge in [-0.25, -0.2) is 8.42 Å². The number of sulfonamides is 1. The van der Waals surface area contributed by atoms with Crippen molar-refractivity contribution in [3.63, 3.8) is 0 Å². The molecule has 1 aliphatic heterocycles. The minimum atomic E-state index is -3.47. The fraction of sp³-hybridized carbons (Fsp3) is 0.375. The molecule has 0 bridgehead atoms. The van der Waals surface area contributed by atoms with Crippen LogP contribution >= 0.6 is 11.3 Å². The number of rotatable bonds is 4. The van der Waals surface area contributed by atoms with Crippen molar-refractivity contribution in [2.24, 2.45) is 0 Å². The quantitative estimate of drug-likeness (QED) is 0.848. The van der Waals surface area contributed by atoms with E-state index in [0.717, 1.165) is 11.1 Å². The maximum atomic E-state index is 12.8. The number of hydrogen-bond donors (Lipinski definition) is 0. The molecule has 0 N–H and O–H groups in total. The Bertz CT molecular complexity index is 800. The molecule has 23 heavy (non-hydrogen) atoms. The molecule has 0 fully saturated rings. The second kappa shape index (κ2) is 6.14. The number of ether oxygens (including phenoxy) is 2. The molecule has 0 aliphatic carbocycles. The van der Waals surface area contributed by atoms with Gasteiger partial charge in [0.25, 0.3) is 10.0 Å². The molecule has 1 aromatic carbocycles. The van der Waals surface area contributed by atoms with Crippen molar-refractivity contribution < 1.29 is 17.9 Å². The van der Waals surface area contributed by atoms with E-state index in [4.69, 9.17) is 9.47 Å². The van der Waals surface area contributed by atoms with E-state index in [1.165, 1.54) is 11.3 Å². The number of benzene rings is 1. The van der Waals surface area contributed by atoms with Gasteiger partial charge < -0.3 is 9.47 Å². The van der Waals surface area contributed by atoms with Crippen molar-refractivity contribution in [3.8, 4) is 11.5 Å². The first-order chi connectivity index (χ1) is 11.0. The monoisotopic (exact) mass is 353 g/mol. The molecule has 1 aromatic heterocycles. The third-order valence-corrected chi connectivity index (χ3v) is 7.43. The topological polar surface area (TPSA) is 55.8 Å². The van der Waals surface area contributed by atoms with Gasteiger partial charge >= 0.3 is 0 Å². The molecule has 3 rings (SSSR count). The van der Waals surface area contributed by atoms with Crippen LogP contribution in [0, 0.1) is 0 Å². The third-order valence-electron chi connectivity index (χ3n) is 4.10. The molecule has 2 heterocycles. The SMILES string of the molecule is COc1cc2c(cc1OC)CN(S(=O)(=O)c1cccs1)C(C)C2. The van der Waals surface area contributed by atoms with Gasteiger partial charge in [0, 0.05) is 12.6 Å². The lowest BCUT2D eigenvalue weighted by Gasteiger charge is -2.34. The molecule has 2 aromatic rings. The number of fused-ring (bicyclic) bond motifs is 1. The minimum absolute atomic E-state index is 0.104. The summed E-state index contributed by atoms with van der Waals surface area (Å²) in [5.74, 6) is 1.29. The molecule has 5 nitrogen and oxygen atoms in total. The molecule has 0 spiro atoms. The third kappa shape index (κ3) is 2.84. The van der Waals surface area contributed by atoms with Crippen LogP contribution in [0.25, 0.3) is 0 Å². The van der Waals surface area contributed by atoms with E-state index >= 15 is 0 Å². The van der Waals surface area contributed by atoms with Crippen LogP contribution in [0.3, 0.4) is 0 Å². The molecule has 7 heteroatoms. The summed E-state index contributed by atoms with van der Waals surface area (Å²) in [5, 5.41) is 1.78. The van der Waals surface area contributed by atoms with Gasteiger partial charge in [-0.1, -0.05) is 6.07 Å². The van der Waals surface area contributed by atoms with Crippen LogP contribution in [0.15, 0.2) is 33.9 Å². The normalized spacial score (nSPS) is 18.5. The van der Waals surface area contributed by atoms with Crippen LogP contribution in [0.4, 0.5) is 0 Å². The Morgan fingerprint density at radius 2 is 1.83 bits per heavy atom. The largest absolute Gasteiger partial charge is 0.493 e. The zero-order valence-electron chi connectivity index (χ0n) is 13.3. The Labute approximate surface area is 140 Å². The van der Waals surface area contributed by atoms with E-state index in [9.17, 15) is 8.42 Å². The summed E-state index contributed by atoms with van der Waals surface area (Å²) < 4.78 is 38.3. The molecular formula is C16H19NO4S2. The van der Waals surface area contributed by atoms with Gasteiger partial charge in [0.05, 0.1) is 14.2 Å². The molecule has 0 saturated carbocycles. The lowest BCUT2D eigenvalue weighted by atomic mass is 9.96. The van der Waals surface area contributed by atoms with E-state index < -0.39 is 10.0 Å². The maximum absolute atomic E-state index is 12.8. The van der Waals surface area contributed by atoms with Gasteiger partial charge in [-0.05, 0) is 48.1 Å². The second-order valence-corrected chi connectivity index (χ2v) is 8.58. The summed E-state index contributed by atoms with van der Waals surface area (Å²) in [7, 11) is -0.286. The van der Waals surface area contributed by atoms with E-state index in [0.29, 0.717) is 28.7 Å². The Kier molecular flexibility index (Phi) is 4.35. The Balaban J connectivity index is 2.00. The van der Waals surface area contributed by atoms with Crippen molar-refractivity contribution in [2.45, 2.75) is 30.1 Å². The summed E-state index contributed by atoms with van der Waals surface area (Å²) in [6, 6.07) is 7.12. The van der Waals surface area contributed by atoms with Crippen molar-refractivity contribution in [1.82, 2.24) is 4.31 Å². The summed E-state index contributed by atoms with van der Waals surface area (Å²) in [6.45, 7) is 2.28. The molecule has 0 saturated heterocycles. The van der Waals surface area contributed by atoms with Crippen molar-refractivity contribution in [2.75, 3.05) is 14.2 Å². The van der Waals surface area contributed by atoms with Crippen LogP contribution < -0.4 is 9.47 Å². The molecular weight excluding hydrogens is 334 g/mol. The van der Waals surface area contributed by atoms with Gasteiger partial charge in [0.2, 0.25) is 0 Å².